The molecule has 1 atom stereocenters. The van der Waals surface area contributed by atoms with Crippen molar-refractivity contribution in [3.8, 4) is 0 Å². The summed E-state index contributed by atoms with van der Waals surface area (Å²) >= 11 is 12.6. The Hall–Kier alpha value is -2.70. The first-order valence-electron chi connectivity index (χ1n) is 13.7. The van der Waals surface area contributed by atoms with Gasteiger partial charge in [0.05, 0.1) is 6.61 Å². The van der Waals surface area contributed by atoms with Crippen LogP contribution in [-0.2, 0) is 6.54 Å². The highest BCUT2D eigenvalue weighted by atomic mass is 35.5. The van der Waals surface area contributed by atoms with E-state index in [9.17, 15) is 9.59 Å². The Morgan fingerprint density at radius 2 is 1.90 bits per heavy atom. The van der Waals surface area contributed by atoms with Crippen LogP contribution < -0.4 is 21.7 Å². The zero-order valence-electron chi connectivity index (χ0n) is 22.8. The summed E-state index contributed by atoms with van der Waals surface area (Å²) in [6.07, 6.45) is 4.15. The number of hydrogen-bond acceptors (Lipinski definition) is 9. The van der Waals surface area contributed by atoms with Crippen molar-refractivity contribution in [2.45, 2.75) is 51.2 Å². The number of anilines is 2. The number of aromatic nitrogens is 2. The van der Waals surface area contributed by atoms with Gasteiger partial charge in [-0.15, -0.1) is 0 Å². The Morgan fingerprint density at radius 1 is 1.15 bits per heavy atom. The van der Waals surface area contributed by atoms with Crippen LogP contribution in [0.1, 0.15) is 59.0 Å². The highest BCUT2D eigenvalue weighted by Crippen LogP contribution is 2.30. The molecule has 4 rings (SSSR count). The fourth-order valence-electron chi connectivity index (χ4n) is 5.74. The number of halogens is 2. The number of nitrogens with one attached hydrogen (secondary N) is 1. The first kappa shape index (κ1) is 30.3. The highest BCUT2D eigenvalue weighted by molar-refractivity contribution is 6.32. The molecule has 1 aromatic carbocycles. The van der Waals surface area contributed by atoms with E-state index >= 15 is 0 Å². The number of benzene rings is 1. The molecule has 2 aromatic rings. The molecule has 0 bridgehead atoms. The van der Waals surface area contributed by atoms with Crippen LogP contribution in [0.4, 0.5) is 11.6 Å². The van der Waals surface area contributed by atoms with Crippen LogP contribution >= 0.6 is 23.2 Å². The van der Waals surface area contributed by atoms with Gasteiger partial charge in [-0.25, -0.2) is 9.97 Å². The van der Waals surface area contributed by atoms with Crippen LogP contribution in [0.5, 0.6) is 0 Å². The van der Waals surface area contributed by atoms with Gasteiger partial charge in [-0.2, -0.15) is 0 Å². The fourth-order valence-corrected chi connectivity index (χ4v) is 6.16. The van der Waals surface area contributed by atoms with Gasteiger partial charge in [-0.1, -0.05) is 42.6 Å². The third kappa shape index (κ3) is 7.13. The molecule has 218 valence electrons. The fraction of sp³-hybridized carbons (Fsp3) is 0.556. The monoisotopic (exact) mass is 592 g/mol. The van der Waals surface area contributed by atoms with E-state index in [0.29, 0.717) is 35.0 Å². The van der Waals surface area contributed by atoms with Gasteiger partial charge >= 0.3 is 0 Å². The zero-order chi connectivity index (χ0) is 28.8. The Bertz CT molecular complexity index is 1210. The predicted octanol–water partition coefficient (Wildman–Crippen LogP) is 2.14. The van der Waals surface area contributed by atoms with Crippen LogP contribution in [0, 0.1) is 0 Å². The van der Waals surface area contributed by atoms with Gasteiger partial charge in [-0.05, 0) is 50.0 Å². The summed E-state index contributed by atoms with van der Waals surface area (Å²) in [5.41, 5.74) is 13.0. The standard InChI is InChI=1S/C27H38Cl2N8O3/c1-2-3-20-16-36(26-23(29)33-22(24(30)34-26)27(40)32-8-13-38)11-12-37(20)19-6-9-35(10-7-19)15-17-4-5-18(28)14-21(17)25(31)39/h4-5,14,19-20,38H,2-3,6-13,15-16H2,1H3,(H2,30,34)(H2,31,39)(H,32,40)/t20-/m0/s1. The SMILES string of the molecule is CCC[C@H]1CN(c2nc(N)c(C(=O)NCCO)nc2Cl)CCN1C1CCN(Cc2ccc(Cl)cc2C(N)=O)CC1. The number of primary amides is 1. The van der Waals surface area contributed by atoms with Crippen molar-refractivity contribution < 1.29 is 14.7 Å². The second kappa shape index (κ2) is 13.8. The van der Waals surface area contributed by atoms with Gasteiger partial charge in [0.2, 0.25) is 5.91 Å². The summed E-state index contributed by atoms with van der Waals surface area (Å²) in [6.45, 7) is 6.93. The van der Waals surface area contributed by atoms with Gasteiger partial charge in [0.1, 0.15) is 0 Å². The maximum absolute atomic E-state index is 12.3. The Labute approximate surface area is 244 Å². The van der Waals surface area contributed by atoms with E-state index in [2.05, 4.69) is 36.9 Å². The van der Waals surface area contributed by atoms with E-state index in [1.807, 2.05) is 6.07 Å². The lowest BCUT2D eigenvalue weighted by atomic mass is 9.96. The lowest BCUT2D eigenvalue weighted by Gasteiger charge is -2.48. The molecule has 2 amide bonds. The maximum Gasteiger partial charge on any atom is 0.273 e. The number of aliphatic hydroxyl groups is 1. The second-order valence-electron chi connectivity index (χ2n) is 10.4. The topological polar surface area (TPSA) is 154 Å². The molecule has 2 saturated heterocycles. The molecule has 13 heteroatoms. The minimum absolute atomic E-state index is 0.0110. The predicted molar refractivity (Wildman–Crippen MR) is 157 cm³/mol. The average Bonchev–Trinajstić information content (AvgIpc) is 2.94. The lowest BCUT2D eigenvalue weighted by Crippen LogP contribution is -2.58. The lowest BCUT2D eigenvalue weighted by molar-refractivity contribution is 0.0588. The second-order valence-corrected chi connectivity index (χ2v) is 11.1. The number of piperazine rings is 1. The van der Waals surface area contributed by atoms with Crippen LogP contribution in [0.15, 0.2) is 18.2 Å². The van der Waals surface area contributed by atoms with Crippen molar-refractivity contribution >= 4 is 46.7 Å². The smallest absolute Gasteiger partial charge is 0.273 e. The van der Waals surface area contributed by atoms with Crippen molar-refractivity contribution in [3.63, 3.8) is 0 Å². The number of amides is 2. The van der Waals surface area contributed by atoms with E-state index in [4.69, 9.17) is 39.8 Å². The van der Waals surface area contributed by atoms with Crippen LogP contribution in [0.2, 0.25) is 10.2 Å². The number of nitrogen functional groups attached to an aromatic ring is 1. The van der Waals surface area contributed by atoms with Crippen molar-refractivity contribution in [2.75, 3.05) is 56.5 Å². The van der Waals surface area contributed by atoms with Crippen molar-refractivity contribution in [2.24, 2.45) is 5.73 Å². The zero-order valence-corrected chi connectivity index (χ0v) is 24.3. The Morgan fingerprint density at radius 3 is 2.58 bits per heavy atom. The number of likely N-dealkylation sites (tertiary alicyclic amines) is 1. The van der Waals surface area contributed by atoms with Crippen LogP contribution in [0.3, 0.4) is 0 Å². The molecule has 0 unspecified atom stereocenters. The molecule has 2 fully saturated rings. The van der Waals surface area contributed by atoms with E-state index in [0.717, 1.165) is 64.0 Å². The molecule has 2 aliphatic rings. The molecule has 0 aliphatic carbocycles. The van der Waals surface area contributed by atoms with Crippen LogP contribution in [0.25, 0.3) is 0 Å². The molecule has 40 heavy (non-hydrogen) atoms. The van der Waals surface area contributed by atoms with Gasteiger partial charge in [0, 0.05) is 55.4 Å². The Kier molecular flexibility index (Phi) is 10.4. The van der Waals surface area contributed by atoms with Gasteiger partial charge in [0.25, 0.3) is 5.91 Å². The number of nitrogens with zero attached hydrogens (tertiary/aromatic N) is 5. The normalized spacial score (nSPS) is 19.1. The van der Waals surface area contributed by atoms with Crippen molar-refractivity contribution in [3.05, 3.63) is 45.2 Å². The van der Waals surface area contributed by atoms with E-state index in [-0.39, 0.29) is 29.8 Å². The summed E-state index contributed by atoms with van der Waals surface area (Å²) < 4.78 is 0. The number of rotatable bonds is 10. The molecule has 6 N–H and O–H groups in total. The highest BCUT2D eigenvalue weighted by Gasteiger charge is 2.35. The van der Waals surface area contributed by atoms with Crippen molar-refractivity contribution in [1.82, 2.24) is 25.1 Å². The molecular weight excluding hydrogens is 555 g/mol. The van der Waals surface area contributed by atoms with Crippen molar-refractivity contribution in [1.29, 1.82) is 0 Å². The first-order chi connectivity index (χ1) is 19.2. The summed E-state index contributed by atoms with van der Waals surface area (Å²) in [5.74, 6) is -0.480. The molecule has 11 nitrogen and oxygen atoms in total. The molecule has 1 aromatic heterocycles. The number of hydrogen-bond donors (Lipinski definition) is 4. The van der Waals surface area contributed by atoms with Gasteiger partial charge < -0.3 is 26.8 Å². The number of piperidine rings is 1. The molecule has 0 spiro atoms. The summed E-state index contributed by atoms with van der Waals surface area (Å²) in [5, 5.41) is 12.1. The quantitative estimate of drug-likeness (QED) is 0.325. The molecular formula is C27H38Cl2N8O3. The van der Waals surface area contributed by atoms with Crippen LogP contribution in [-0.4, -0.2) is 94.6 Å². The summed E-state index contributed by atoms with van der Waals surface area (Å²) in [7, 11) is 0. The maximum atomic E-state index is 12.3. The average molecular weight is 594 g/mol. The first-order valence-corrected chi connectivity index (χ1v) is 14.5. The number of nitrogens with two attached hydrogens (primary N) is 2. The number of carbonyl (C=O) groups excluding carboxylic acids is 2. The van der Waals surface area contributed by atoms with Gasteiger partial charge in [0.15, 0.2) is 22.5 Å². The number of carbonyl (C=O) groups is 2. The molecule has 3 heterocycles. The summed E-state index contributed by atoms with van der Waals surface area (Å²) in [6, 6.07) is 6.11. The molecule has 0 radical (unpaired) electrons. The minimum atomic E-state index is -0.519. The minimum Gasteiger partial charge on any atom is -0.395 e. The third-order valence-electron chi connectivity index (χ3n) is 7.68. The van der Waals surface area contributed by atoms with E-state index in [1.165, 1.54) is 0 Å². The summed E-state index contributed by atoms with van der Waals surface area (Å²) in [4.78, 5) is 40.0. The Balaban J connectivity index is 1.39. The number of aliphatic hydroxyl groups excluding tert-OH is 1. The van der Waals surface area contributed by atoms with E-state index < -0.39 is 11.8 Å². The third-order valence-corrected chi connectivity index (χ3v) is 8.17. The molecule has 2 aliphatic heterocycles. The van der Waals surface area contributed by atoms with E-state index in [1.54, 1.807) is 12.1 Å². The largest absolute Gasteiger partial charge is 0.395 e. The molecule has 0 saturated carbocycles. The van der Waals surface area contributed by atoms with Gasteiger partial charge in [-0.3, -0.25) is 19.4 Å².